The maximum atomic E-state index is 14.1. The molecule has 9 rings (SSSR count). The van der Waals surface area contributed by atoms with Crippen LogP contribution in [0.5, 0.6) is 0 Å². The molecule has 2 unspecified atom stereocenters. The van der Waals surface area contributed by atoms with Gasteiger partial charge in [-0.2, -0.15) is 10.2 Å². The minimum atomic E-state index is -2.15. The van der Waals surface area contributed by atoms with E-state index in [4.69, 9.17) is 10.1 Å². The quantitative estimate of drug-likeness (QED) is 0.289. The van der Waals surface area contributed by atoms with Gasteiger partial charge in [0.05, 0.1) is 46.3 Å². The Labute approximate surface area is 256 Å². The van der Waals surface area contributed by atoms with Crippen molar-refractivity contribution in [2.24, 2.45) is 18.4 Å². The zero-order valence-corrected chi connectivity index (χ0v) is 25.7. The fourth-order valence-electron chi connectivity index (χ4n) is 8.38. The van der Waals surface area contributed by atoms with Crippen LogP contribution in [0.25, 0.3) is 44.3 Å². The van der Waals surface area contributed by atoms with Crippen LogP contribution in [0.2, 0.25) is 0 Å². The summed E-state index contributed by atoms with van der Waals surface area (Å²) >= 11 is -2.15. The molecule has 1 amide bonds. The Morgan fingerprint density at radius 3 is 2.66 bits per heavy atom. The second-order valence-electron chi connectivity index (χ2n) is 13.6. The summed E-state index contributed by atoms with van der Waals surface area (Å²) in [6.07, 6.45) is 11.7. The summed E-state index contributed by atoms with van der Waals surface area (Å²) in [4.78, 5) is 26.4. The molecule has 0 radical (unpaired) electrons. The molecule has 6 heterocycles. The van der Waals surface area contributed by atoms with E-state index in [9.17, 15) is 13.6 Å². The second-order valence-corrected chi connectivity index (χ2v) is 14.8. The third kappa shape index (κ3) is 3.58. The molecule has 2 saturated carbocycles. The van der Waals surface area contributed by atoms with Crippen molar-refractivity contribution in [2.45, 2.75) is 49.9 Å². The molecule has 226 valence electrons. The number of pyridine rings is 1. The molecular formula is C32H33N8O3S-. The molecule has 5 aromatic rings. The van der Waals surface area contributed by atoms with Crippen molar-refractivity contribution in [3.8, 4) is 22.4 Å². The molecule has 44 heavy (non-hydrogen) atoms. The van der Waals surface area contributed by atoms with Crippen LogP contribution in [0.15, 0.2) is 43.0 Å². The number of nitrogens with one attached hydrogen (secondary N) is 1. The molecule has 2 atom stereocenters. The minimum Gasteiger partial charge on any atom is -0.771 e. The van der Waals surface area contributed by atoms with Crippen LogP contribution in [0, 0.1) is 11.3 Å². The van der Waals surface area contributed by atoms with Gasteiger partial charge in [-0.15, -0.1) is 0 Å². The first-order valence-corrected chi connectivity index (χ1v) is 16.4. The molecule has 2 spiro atoms. The van der Waals surface area contributed by atoms with Crippen LogP contribution in [0.3, 0.4) is 0 Å². The third-order valence-electron chi connectivity index (χ3n) is 10.7. The number of amides is 1. The van der Waals surface area contributed by atoms with Crippen LogP contribution < -0.4 is 4.90 Å². The van der Waals surface area contributed by atoms with Crippen LogP contribution in [-0.4, -0.2) is 74.6 Å². The van der Waals surface area contributed by atoms with Crippen LogP contribution in [-0.2, 0) is 34.9 Å². The molecule has 1 N–H and O–H groups in total. The van der Waals surface area contributed by atoms with Gasteiger partial charge < -0.3 is 14.4 Å². The third-order valence-corrected chi connectivity index (χ3v) is 11.5. The topological polar surface area (TPSA) is 128 Å². The highest BCUT2D eigenvalue weighted by Gasteiger charge is 2.68. The number of aromatic nitrogens is 6. The Balaban J connectivity index is 1.22. The number of aryl methyl sites for hydroxylation is 1. The lowest BCUT2D eigenvalue weighted by molar-refractivity contribution is -0.147. The Hall–Kier alpha value is -3.87. The van der Waals surface area contributed by atoms with Gasteiger partial charge >= 0.3 is 0 Å². The molecule has 4 aromatic heterocycles. The summed E-state index contributed by atoms with van der Waals surface area (Å²) in [6.45, 7) is 4.02. The average molecular weight is 610 g/mol. The van der Waals surface area contributed by atoms with Crippen LogP contribution in [0.4, 0.5) is 5.69 Å². The first-order chi connectivity index (χ1) is 21.2. The van der Waals surface area contributed by atoms with Crippen molar-refractivity contribution in [2.75, 3.05) is 25.0 Å². The lowest BCUT2D eigenvalue weighted by Gasteiger charge is -2.64. The van der Waals surface area contributed by atoms with Crippen LogP contribution >= 0.6 is 0 Å². The molecule has 2 aliphatic heterocycles. The van der Waals surface area contributed by atoms with E-state index in [0.717, 1.165) is 62.1 Å². The Morgan fingerprint density at radius 2 is 1.91 bits per heavy atom. The number of hydrogen-bond donors (Lipinski definition) is 1. The normalized spacial score (nSPS) is 21.7. The Kier molecular flexibility index (Phi) is 5.34. The summed E-state index contributed by atoms with van der Waals surface area (Å²) in [7, 11) is 3.79. The molecule has 2 aliphatic carbocycles. The lowest BCUT2D eigenvalue weighted by atomic mass is 9.47. The van der Waals surface area contributed by atoms with E-state index in [1.807, 2.05) is 46.9 Å². The number of H-pyrrole nitrogens is 1. The van der Waals surface area contributed by atoms with Gasteiger partial charge in [0.1, 0.15) is 5.65 Å². The number of carbonyl (C=O) groups excluding carboxylic acids is 1. The highest BCUT2D eigenvalue weighted by molar-refractivity contribution is 7.79. The second kappa shape index (κ2) is 8.86. The van der Waals surface area contributed by atoms with Gasteiger partial charge in [0.2, 0.25) is 5.91 Å². The predicted molar refractivity (Wildman–Crippen MR) is 166 cm³/mol. The van der Waals surface area contributed by atoms with E-state index in [-0.39, 0.29) is 11.3 Å². The van der Waals surface area contributed by atoms with Crippen molar-refractivity contribution in [1.82, 2.24) is 34.4 Å². The van der Waals surface area contributed by atoms with E-state index in [2.05, 4.69) is 34.5 Å². The van der Waals surface area contributed by atoms with E-state index >= 15 is 0 Å². The first-order valence-electron chi connectivity index (χ1n) is 15.3. The monoisotopic (exact) mass is 609 g/mol. The van der Waals surface area contributed by atoms with Crippen molar-refractivity contribution < 1.29 is 13.6 Å². The Bertz CT molecular complexity index is 2040. The molecule has 4 aliphatic rings. The summed E-state index contributed by atoms with van der Waals surface area (Å²) in [5, 5.41) is 10.7. The van der Waals surface area contributed by atoms with E-state index in [1.165, 1.54) is 12.8 Å². The van der Waals surface area contributed by atoms with E-state index in [0.29, 0.717) is 31.8 Å². The number of benzene rings is 1. The Morgan fingerprint density at radius 1 is 1.11 bits per heavy atom. The molecule has 0 bridgehead atoms. The highest BCUT2D eigenvalue weighted by atomic mass is 32.2. The molecule has 1 saturated heterocycles. The first kappa shape index (κ1) is 26.5. The molecular weight excluding hydrogens is 576 g/mol. The minimum absolute atomic E-state index is 0.0563. The standard InChI is InChI=1S/C32H34N8O3S/c1-18(44(42)43)39-16-31(17-39)14-32(15-31)27-24(37(2)30(32)41)11-33-29-26(27)25(20-6-7-23-21(8-20)9-34-38(23)3)28(36-29)22-10-35-40(13-22)12-19-4-5-19/h6-11,13,18-19H,4-5,12,14-17H2,1-3H3,(H,33,36)(H,42,43)/p-1. The number of carbonyl (C=O) groups is 1. The summed E-state index contributed by atoms with van der Waals surface area (Å²) in [5.41, 5.74) is 6.95. The smallest absolute Gasteiger partial charge is 0.237 e. The number of aromatic amines is 1. The molecule has 11 nitrogen and oxygen atoms in total. The molecule has 12 heteroatoms. The number of anilines is 1. The highest BCUT2D eigenvalue weighted by Crippen LogP contribution is 2.66. The number of hydrogen-bond acceptors (Lipinski definition) is 7. The van der Waals surface area contributed by atoms with Gasteiger partial charge in [-0.05, 0) is 72.7 Å². The zero-order valence-electron chi connectivity index (χ0n) is 24.9. The maximum Gasteiger partial charge on any atom is 0.237 e. The summed E-state index contributed by atoms with van der Waals surface area (Å²) in [6, 6.07) is 6.41. The van der Waals surface area contributed by atoms with Crippen molar-refractivity contribution in [1.29, 1.82) is 0 Å². The van der Waals surface area contributed by atoms with Gasteiger partial charge in [0, 0.05) is 67.4 Å². The molecule has 1 aromatic carbocycles. The van der Waals surface area contributed by atoms with Gasteiger partial charge in [-0.25, -0.2) is 4.98 Å². The summed E-state index contributed by atoms with van der Waals surface area (Å²) in [5.74, 6) is 0.800. The fraction of sp³-hybridized carbons (Fsp3) is 0.438. The number of fused-ring (bicyclic) bond motifs is 5. The lowest BCUT2D eigenvalue weighted by Crippen LogP contribution is -2.70. The van der Waals surface area contributed by atoms with Crippen LogP contribution in [0.1, 0.15) is 38.2 Å². The average Bonchev–Trinajstić information content (AvgIpc) is 3.27. The van der Waals surface area contributed by atoms with Gasteiger partial charge in [-0.1, -0.05) is 6.07 Å². The van der Waals surface area contributed by atoms with Gasteiger partial charge in [0.15, 0.2) is 0 Å². The zero-order chi connectivity index (χ0) is 30.1. The molecule has 3 fully saturated rings. The number of rotatable bonds is 6. The van der Waals surface area contributed by atoms with Gasteiger partial charge in [0.25, 0.3) is 0 Å². The van der Waals surface area contributed by atoms with E-state index < -0.39 is 21.9 Å². The number of likely N-dealkylation sites (tertiary alicyclic amines) is 1. The van der Waals surface area contributed by atoms with E-state index in [1.54, 1.807) is 11.8 Å². The maximum absolute atomic E-state index is 14.1. The summed E-state index contributed by atoms with van der Waals surface area (Å²) < 4.78 is 27.1. The SMILES string of the molecule is CC(N1CC2(C1)CC1(C2)C(=O)N(C)c2cnc3[nH]c(-c4cnn(CC5CC5)c4)c(-c4ccc5c(cnn5C)c4)c3c21)S(=O)[O-]. The van der Waals surface area contributed by atoms with Crippen molar-refractivity contribution in [3.63, 3.8) is 0 Å². The van der Waals surface area contributed by atoms with Crippen molar-refractivity contribution in [3.05, 3.63) is 48.5 Å². The largest absolute Gasteiger partial charge is 0.771 e. The van der Waals surface area contributed by atoms with Crippen molar-refractivity contribution >= 4 is 44.6 Å². The predicted octanol–water partition coefficient (Wildman–Crippen LogP) is 3.93. The van der Waals surface area contributed by atoms with Gasteiger partial charge in [-0.3, -0.25) is 23.3 Å². The number of nitrogens with zero attached hydrogens (tertiary/aromatic N) is 7. The fourth-order valence-corrected chi connectivity index (χ4v) is 8.77. The number of likely N-dealkylation sites (N-methyl/N-ethyl adjacent to an activating group) is 1.